The van der Waals surface area contributed by atoms with E-state index in [2.05, 4.69) is 5.32 Å². The van der Waals surface area contributed by atoms with Crippen LogP contribution in [-0.4, -0.2) is 24.4 Å². The van der Waals surface area contributed by atoms with Gasteiger partial charge in [0.15, 0.2) is 0 Å². The Balaban J connectivity index is 2.00. The molecule has 0 spiro atoms. The molecule has 0 amide bonds. The molecule has 1 aromatic carbocycles. The van der Waals surface area contributed by atoms with Crippen molar-refractivity contribution in [1.82, 2.24) is 0 Å². The largest absolute Gasteiger partial charge is 0.506 e. The van der Waals surface area contributed by atoms with Crippen LogP contribution in [0.25, 0.3) is 0 Å². The van der Waals surface area contributed by atoms with E-state index in [1.165, 1.54) is 0 Å². The maximum atomic E-state index is 9.27. The Hall–Kier alpha value is -0.930. The Kier molecular flexibility index (Phi) is 3.34. The van der Waals surface area contributed by atoms with Crippen molar-refractivity contribution < 1.29 is 9.84 Å². The zero-order chi connectivity index (χ0) is 10.7. The van der Waals surface area contributed by atoms with Gasteiger partial charge < -0.3 is 15.2 Å². The third kappa shape index (κ3) is 2.76. The first-order valence-electron chi connectivity index (χ1n) is 5.08. The number of halogens is 1. The van der Waals surface area contributed by atoms with E-state index >= 15 is 0 Å². The van der Waals surface area contributed by atoms with Gasteiger partial charge in [-0.2, -0.15) is 0 Å². The molecule has 0 radical (unpaired) electrons. The van der Waals surface area contributed by atoms with Crippen LogP contribution in [-0.2, 0) is 4.74 Å². The Morgan fingerprint density at radius 3 is 3.00 bits per heavy atom. The molecule has 3 nitrogen and oxygen atoms in total. The molecule has 2 rings (SSSR count). The van der Waals surface area contributed by atoms with Crippen LogP contribution in [0.15, 0.2) is 18.2 Å². The molecule has 1 aliphatic rings. The van der Waals surface area contributed by atoms with E-state index < -0.39 is 0 Å². The standard InChI is InChI=1S/C11H14ClNO2/c12-10-6-8(3-4-11(10)14)13-9-2-1-5-15-7-9/h3-4,6,9,13-14H,1-2,5,7H2. The van der Waals surface area contributed by atoms with Crippen LogP contribution in [0.2, 0.25) is 5.02 Å². The predicted octanol–water partition coefficient (Wildman–Crippen LogP) is 2.64. The molecule has 0 aliphatic carbocycles. The molecular formula is C11H14ClNO2. The zero-order valence-corrected chi connectivity index (χ0v) is 9.13. The number of ether oxygens (including phenoxy) is 1. The summed E-state index contributed by atoms with van der Waals surface area (Å²) in [6.07, 6.45) is 2.20. The maximum Gasteiger partial charge on any atom is 0.134 e. The minimum Gasteiger partial charge on any atom is -0.506 e. The van der Waals surface area contributed by atoms with Crippen LogP contribution < -0.4 is 5.32 Å². The Morgan fingerprint density at radius 1 is 1.47 bits per heavy atom. The lowest BCUT2D eigenvalue weighted by Crippen LogP contribution is -2.29. The van der Waals surface area contributed by atoms with E-state index in [1.54, 1.807) is 12.1 Å². The van der Waals surface area contributed by atoms with Crippen molar-refractivity contribution in [3.05, 3.63) is 23.2 Å². The molecule has 1 unspecified atom stereocenters. The quantitative estimate of drug-likeness (QED) is 0.764. The molecule has 1 aromatic rings. The summed E-state index contributed by atoms with van der Waals surface area (Å²) in [5, 5.41) is 13.0. The highest BCUT2D eigenvalue weighted by Gasteiger charge is 2.13. The predicted molar refractivity (Wildman–Crippen MR) is 60.6 cm³/mol. The van der Waals surface area contributed by atoms with Gasteiger partial charge >= 0.3 is 0 Å². The summed E-state index contributed by atoms with van der Waals surface area (Å²) < 4.78 is 5.36. The normalized spacial score (nSPS) is 21.3. The SMILES string of the molecule is Oc1ccc(NC2CCCOC2)cc1Cl. The van der Waals surface area contributed by atoms with Gasteiger partial charge in [-0.15, -0.1) is 0 Å². The molecule has 0 aromatic heterocycles. The Bertz CT molecular complexity index is 337. The summed E-state index contributed by atoms with van der Waals surface area (Å²) in [4.78, 5) is 0. The fourth-order valence-electron chi connectivity index (χ4n) is 1.69. The van der Waals surface area contributed by atoms with Crippen molar-refractivity contribution in [2.75, 3.05) is 18.5 Å². The van der Waals surface area contributed by atoms with Crippen molar-refractivity contribution in [2.24, 2.45) is 0 Å². The molecule has 15 heavy (non-hydrogen) atoms. The highest BCUT2D eigenvalue weighted by Crippen LogP contribution is 2.26. The highest BCUT2D eigenvalue weighted by molar-refractivity contribution is 6.32. The van der Waals surface area contributed by atoms with Gasteiger partial charge in [0.05, 0.1) is 11.6 Å². The molecule has 1 heterocycles. The van der Waals surface area contributed by atoms with Gasteiger partial charge in [0.1, 0.15) is 5.75 Å². The molecule has 0 saturated carbocycles. The summed E-state index contributed by atoms with van der Waals surface area (Å²) in [5.41, 5.74) is 0.924. The lowest BCUT2D eigenvalue weighted by Gasteiger charge is -2.24. The number of phenolic OH excluding ortho intramolecular Hbond substituents is 1. The average Bonchev–Trinajstić information content (AvgIpc) is 2.25. The number of nitrogens with one attached hydrogen (secondary N) is 1. The number of rotatable bonds is 2. The molecule has 4 heteroatoms. The number of benzene rings is 1. The monoisotopic (exact) mass is 227 g/mol. The lowest BCUT2D eigenvalue weighted by molar-refractivity contribution is 0.0876. The first-order valence-corrected chi connectivity index (χ1v) is 5.46. The molecular weight excluding hydrogens is 214 g/mol. The first-order chi connectivity index (χ1) is 7.25. The summed E-state index contributed by atoms with van der Waals surface area (Å²) in [7, 11) is 0. The van der Waals surface area contributed by atoms with Crippen LogP contribution in [0.4, 0.5) is 5.69 Å². The summed E-state index contributed by atoms with van der Waals surface area (Å²) in [5.74, 6) is 0.113. The fraction of sp³-hybridized carbons (Fsp3) is 0.455. The Morgan fingerprint density at radius 2 is 2.33 bits per heavy atom. The molecule has 82 valence electrons. The van der Waals surface area contributed by atoms with Gasteiger partial charge in [-0.25, -0.2) is 0 Å². The fourth-order valence-corrected chi connectivity index (χ4v) is 1.87. The number of anilines is 1. The van der Waals surface area contributed by atoms with Crippen molar-refractivity contribution >= 4 is 17.3 Å². The number of hydrogen-bond acceptors (Lipinski definition) is 3. The van der Waals surface area contributed by atoms with E-state index in [9.17, 15) is 5.11 Å². The second-order valence-corrected chi connectivity index (χ2v) is 4.13. The third-order valence-electron chi connectivity index (χ3n) is 2.48. The van der Waals surface area contributed by atoms with Gasteiger partial charge in [0.25, 0.3) is 0 Å². The van der Waals surface area contributed by atoms with E-state index in [0.717, 1.165) is 31.7 Å². The van der Waals surface area contributed by atoms with Gasteiger partial charge in [-0.3, -0.25) is 0 Å². The second-order valence-electron chi connectivity index (χ2n) is 3.72. The maximum absolute atomic E-state index is 9.27. The Labute approximate surface area is 94.0 Å². The number of phenols is 1. The van der Waals surface area contributed by atoms with Crippen molar-refractivity contribution in [3.63, 3.8) is 0 Å². The smallest absolute Gasteiger partial charge is 0.134 e. The minimum absolute atomic E-state index is 0.113. The van der Waals surface area contributed by atoms with Crippen molar-refractivity contribution in [3.8, 4) is 5.75 Å². The van der Waals surface area contributed by atoms with E-state index in [1.807, 2.05) is 6.07 Å². The van der Waals surface area contributed by atoms with E-state index in [4.69, 9.17) is 16.3 Å². The number of aromatic hydroxyl groups is 1. The molecule has 1 aliphatic heterocycles. The van der Waals surface area contributed by atoms with Gasteiger partial charge in [0.2, 0.25) is 0 Å². The lowest BCUT2D eigenvalue weighted by atomic mass is 10.1. The minimum atomic E-state index is 0.113. The van der Waals surface area contributed by atoms with Crippen LogP contribution in [0.1, 0.15) is 12.8 Å². The van der Waals surface area contributed by atoms with Crippen LogP contribution in [0.5, 0.6) is 5.75 Å². The van der Waals surface area contributed by atoms with Crippen LogP contribution in [0, 0.1) is 0 Å². The summed E-state index contributed by atoms with van der Waals surface area (Å²) in [6.45, 7) is 1.59. The summed E-state index contributed by atoms with van der Waals surface area (Å²) >= 11 is 5.81. The third-order valence-corrected chi connectivity index (χ3v) is 2.78. The van der Waals surface area contributed by atoms with E-state index in [-0.39, 0.29) is 5.75 Å². The first kappa shape index (κ1) is 10.6. The van der Waals surface area contributed by atoms with E-state index in [0.29, 0.717) is 11.1 Å². The van der Waals surface area contributed by atoms with Crippen LogP contribution in [0.3, 0.4) is 0 Å². The van der Waals surface area contributed by atoms with Crippen LogP contribution >= 0.6 is 11.6 Å². The topological polar surface area (TPSA) is 41.5 Å². The van der Waals surface area contributed by atoms with Gasteiger partial charge in [-0.1, -0.05) is 11.6 Å². The molecule has 0 bridgehead atoms. The zero-order valence-electron chi connectivity index (χ0n) is 8.37. The number of hydrogen-bond donors (Lipinski definition) is 2. The molecule has 1 saturated heterocycles. The van der Waals surface area contributed by atoms with Gasteiger partial charge in [-0.05, 0) is 31.0 Å². The average molecular weight is 228 g/mol. The second kappa shape index (κ2) is 4.73. The van der Waals surface area contributed by atoms with Crippen molar-refractivity contribution in [1.29, 1.82) is 0 Å². The summed E-state index contributed by atoms with van der Waals surface area (Å²) in [6, 6.07) is 5.48. The highest BCUT2D eigenvalue weighted by atomic mass is 35.5. The molecule has 1 atom stereocenters. The van der Waals surface area contributed by atoms with Gasteiger partial charge in [0, 0.05) is 18.3 Å². The molecule has 2 N–H and O–H groups in total. The molecule has 1 fully saturated rings. The van der Waals surface area contributed by atoms with Crippen molar-refractivity contribution in [2.45, 2.75) is 18.9 Å².